The van der Waals surface area contributed by atoms with Crippen LogP contribution < -0.4 is 5.73 Å². The number of nitrogens with two attached hydrogens (primary N) is 1. The number of amides is 2. The zero-order chi connectivity index (χ0) is 23.0. The molecule has 4 atom stereocenters. The van der Waals surface area contributed by atoms with Crippen LogP contribution in [0.25, 0.3) is 0 Å². The van der Waals surface area contributed by atoms with Crippen molar-refractivity contribution in [1.82, 2.24) is 5.06 Å². The molecule has 1 heterocycles. The number of hydroxylamine groups is 2. The number of hydrogen-bond acceptors (Lipinski definition) is 8. The van der Waals surface area contributed by atoms with Gasteiger partial charge in [0.2, 0.25) is 5.91 Å². The van der Waals surface area contributed by atoms with Gasteiger partial charge < -0.3 is 10.5 Å². The van der Waals surface area contributed by atoms with Crippen LogP contribution in [0.2, 0.25) is 0 Å². The summed E-state index contributed by atoms with van der Waals surface area (Å²) < 4.78 is 39.6. The molecule has 1 saturated heterocycles. The molecule has 1 saturated carbocycles. The lowest BCUT2D eigenvalue weighted by Gasteiger charge is -2.36. The second-order valence-corrected chi connectivity index (χ2v) is 9.89. The first-order valence-electron chi connectivity index (χ1n) is 9.85. The maximum Gasteiger partial charge on any atom is 0.421 e. The highest BCUT2D eigenvalue weighted by molar-refractivity contribution is 7.81. The molecule has 11 heteroatoms. The summed E-state index contributed by atoms with van der Waals surface area (Å²) >= 11 is 0. The van der Waals surface area contributed by atoms with Crippen molar-refractivity contribution in [3.05, 3.63) is 35.9 Å². The molecular weight excluding hydrogens is 428 g/mol. The maximum atomic E-state index is 12.5. The van der Waals surface area contributed by atoms with Crippen molar-refractivity contribution in [2.45, 2.75) is 33.2 Å². The molecule has 2 N–H and O–H groups in total. The van der Waals surface area contributed by atoms with Crippen LogP contribution in [0.1, 0.15) is 37.6 Å². The van der Waals surface area contributed by atoms with Crippen molar-refractivity contribution in [1.29, 1.82) is 0 Å². The standard InChI is InChI=1S/C20H26N2O8S/c1-12-14-9-15(17(21)23)16(14)18(24)22(12)30-31(26,27)29-11-20(2,3)10-28-19(25)13-7-5-4-6-8-13/h4-8,12,14-16H,9-11H2,1-3H3,(H2,21,23)/t12-,14-,15+,16?/m0/s1. The maximum absolute atomic E-state index is 12.5. The van der Waals surface area contributed by atoms with E-state index in [1.165, 1.54) is 0 Å². The third kappa shape index (κ3) is 5.05. The van der Waals surface area contributed by atoms with Crippen molar-refractivity contribution in [2.75, 3.05) is 13.2 Å². The van der Waals surface area contributed by atoms with Crippen molar-refractivity contribution in [3.8, 4) is 0 Å². The van der Waals surface area contributed by atoms with E-state index in [1.54, 1.807) is 51.1 Å². The number of ether oxygens (including phenoxy) is 1. The molecule has 0 spiro atoms. The van der Waals surface area contributed by atoms with Crippen LogP contribution >= 0.6 is 0 Å². The molecule has 3 rings (SSSR count). The van der Waals surface area contributed by atoms with E-state index in [-0.39, 0.29) is 19.1 Å². The first-order valence-corrected chi connectivity index (χ1v) is 11.2. The molecule has 1 aliphatic heterocycles. The number of carbonyl (C=O) groups excluding carboxylic acids is 3. The number of hydrogen-bond donors (Lipinski definition) is 1. The van der Waals surface area contributed by atoms with Gasteiger partial charge >= 0.3 is 16.4 Å². The summed E-state index contributed by atoms with van der Waals surface area (Å²) in [4.78, 5) is 36.0. The molecule has 2 fully saturated rings. The van der Waals surface area contributed by atoms with Gasteiger partial charge in [-0.15, -0.1) is 4.28 Å². The van der Waals surface area contributed by atoms with Crippen LogP contribution in [0.15, 0.2) is 30.3 Å². The Labute approximate surface area is 180 Å². The third-order valence-corrected chi connectivity index (χ3v) is 6.40. The van der Waals surface area contributed by atoms with E-state index < -0.39 is 51.5 Å². The molecule has 1 unspecified atom stereocenters. The molecular formula is C20H26N2O8S. The molecule has 1 aromatic rings. The average molecular weight is 455 g/mol. The summed E-state index contributed by atoms with van der Waals surface area (Å²) in [5, 5.41) is 0.746. The van der Waals surface area contributed by atoms with E-state index in [1.807, 2.05) is 0 Å². The molecule has 10 nitrogen and oxygen atoms in total. The monoisotopic (exact) mass is 454 g/mol. The molecule has 0 bridgehead atoms. The summed E-state index contributed by atoms with van der Waals surface area (Å²) in [7, 11) is -4.56. The van der Waals surface area contributed by atoms with Gasteiger partial charge in [0.05, 0.1) is 36.7 Å². The minimum Gasteiger partial charge on any atom is -0.461 e. The molecule has 1 aliphatic carbocycles. The van der Waals surface area contributed by atoms with Crippen LogP contribution in [0, 0.1) is 23.2 Å². The Morgan fingerprint density at radius 1 is 1.19 bits per heavy atom. The molecule has 0 radical (unpaired) electrons. The molecule has 31 heavy (non-hydrogen) atoms. The highest BCUT2D eigenvalue weighted by Crippen LogP contribution is 2.50. The Balaban J connectivity index is 1.53. The van der Waals surface area contributed by atoms with E-state index in [9.17, 15) is 22.8 Å². The van der Waals surface area contributed by atoms with Gasteiger partial charge in [0.25, 0.3) is 5.91 Å². The van der Waals surface area contributed by atoms with Gasteiger partial charge in [0.1, 0.15) is 0 Å². The summed E-state index contributed by atoms with van der Waals surface area (Å²) in [6.07, 6.45) is 0.410. The van der Waals surface area contributed by atoms with Crippen molar-refractivity contribution in [2.24, 2.45) is 28.9 Å². The zero-order valence-electron chi connectivity index (χ0n) is 17.5. The Bertz CT molecular complexity index is 963. The van der Waals surface area contributed by atoms with Gasteiger partial charge in [-0.05, 0) is 31.4 Å². The Morgan fingerprint density at radius 3 is 2.45 bits per heavy atom. The van der Waals surface area contributed by atoms with Crippen LogP contribution in [0.3, 0.4) is 0 Å². The summed E-state index contributed by atoms with van der Waals surface area (Å²) in [6.45, 7) is 4.51. The third-order valence-electron chi connectivity index (χ3n) is 5.65. The van der Waals surface area contributed by atoms with E-state index in [0.29, 0.717) is 12.0 Å². The average Bonchev–Trinajstić information content (AvgIpc) is 2.84. The largest absolute Gasteiger partial charge is 0.461 e. The second kappa shape index (κ2) is 8.56. The van der Waals surface area contributed by atoms with E-state index >= 15 is 0 Å². The summed E-state index contributed by atoms with van der Waals surface area (Å²) in [5.74, 6) is -3.21. The van der Waals surface area contributed by atoms with Crippen molar-refractivity contribution in [3.63, 3.8) is 0 Å². The normalized spacial score (nSPS) is 25.6. The van der Waals surface area contributed by atoms with E-state index in [0.717, 1.165) is 5.06 Å². The Hall–Kier alpha value is -2.50. The minimum atomic E-state index is -4.56. The SMILES string of the molecule is C[C@H]1[C@@H]2C[C@@H](C(N)=O)C2C(=O)N1OS(=O)(=O)OCC(C)(C)COC(=O)c1ccccc1. The van der Waals surface area contributed by atoms with Gasteiger partial charge in [0, 0.05) is 5.41 Å². The fourth-order valence-electron chi connectivity index (χ4n) is 3.77. The predicted molar refractivity (Wildman–Crippen MR) is 107 cm³/mol. The summed E-state index contributed by atoms with van der Waals surface area (Å²) in [6, 6.07) is 7.85. The lowest BCUT2D eigenvalue weighted by Crippen LogP contribution is -2.46. The lowest BCUT2D eigenvalue weighted by atomic mass is 9.64. The quantitative estimate of drug-likeness (QED) is 0.545. The number of nitrogens with zero attached hydrogens (tertiary/aromatic N) is 1. The van der Waals surface area contributed by atoms with E-state index in [2.05, 4.69) is 0 Å². The second-order valence-electron chi connectivity index (χ2n) is 8.69. The Kier molecular flexibility index (Phi) is 6.40. The predicted octanol–water partition coefficient (Wildman–Crippen LogP) is 1.03. The van der Waals surface area contributed by atoms with Gasteiger partial charge in [-0.25, -0.2) is 8.98 Å². The van der Waals surface area contributed by atoms with Crippen molar-refractivity contribution < 1.29 is 36.0 Å². The van der Waals surface area contributed by atoms with Gasteiger partial charge in [-0.3, -0.25) is 9.59 Å². The highest BCUT2D eigenvalue weighted by atomic mass is 32.3. The first-order chi connectivity index (χ1) is 14.4. The number of benzene rings is 1. The number of esters is 1. The number of fused-ring (bicyclic) bond motifs is 1. The molecule has 170 valence electrons. The topological polar surface area (TPSA) is 142 Å². The molecule has 2 amide bonds. The van der Waals surface area contributed by atoms with Crippen LogP contribution in [-0.4, -0.2) is 50.5 Å². The Morgan fingerprint density at radius 2 is 1.84 bits per heavy atom. The van der Waals surface area contributed by atoms with Gasteiger partial charge in [0.15, 0.2) is 0 Å². The van der Waals surface area contributed by atoms with Crippen molar-refractivity contribution >= 4 is 28.2 Å². The van der Waals surface area contributed by atoms with E-state index in [4.69, 9.17) is 18.9 Å². The number of rotatable bonds is 9. The molecule has 0 aromatic heterocycles. The fourth-order valence-corrected chi connectivity index (χ4v) is 4.68. The fraction of sp³-hybridized carbons (Fsp3) is 0.550. The number of primary amides is 1. The van der Waals surface area contributed by atoms with Crippen LogP contribution in [0.5, 0.6) is 0 Å². The molecule has 2 aliphatic rings. The van der Waals surface area contributed by atoms with Gasteiger partial charge in [-0.1, -0.05) is 32.0 Å². The highest BCUT2D eigenvalue weighted by Gasteiger charge is 2.60. The smallest absolute Gasteiger partial charge is 0.421 e. The van der Waals surface area contributed by atoms with Crippen LogP contribution in [-0.2, 0) is 33.2 Å². The van der Waals surface area contributed by atoms with Crippen LogP contribution in [0.4, 0.5) is 0 Å². The minimum absolute atomic E-state index is 0.0975. The first kappa shape index (κ1) is 23.2. The number of carbonyl (C=O) groups is 3. The lowest BCUT2D eigenvalue weighted by molar-refractivity contribution is -0.160. The summed E-state index contributed by atoms with van der Waals surface area (Å²) in [5.41, 5.74) is 4.81. The molecule has 1 aromatic carbocycles. The van der Waals surface area contributed by atoms with Gasteiger partial charge in [-0.2, -0.15) is 13.5 Å². The zero-order valence-corrected chi connectivity index (χ0v) is 18.3.